The first-order valence-electron chi connectivity index (χ1n) is 9.69. The van der Waals surface area contributed by atoms with Crippen molar-refractivity contribution in [2.75, 3.05) is 7.11 Å². The van der Waals surface area contributed by atoms with Crippen LogP contribution in [-0.4, -0.2) is 13.1 Å². The van der Waals surface area contributed by atoms with Crippen LogP contribution < -0.4 is 9.47 Å². The van der Waals surface area contributed by atoms with E-state index in [1.54, 1.807) is 7.11 Å². The van der Waals surface area contributed by atoms with Gasteiger partial charge >= 0.3 is 5.97 Å². The summed E-state index contributed by atoms with van der Waals surface area (Å²) in [5, 5.41) is 0. The highest BCUT2D eigenvalue weighted by molar-refractivity contribution is 5.78. The van der Waals surface area contributed by atoms with Gasteiger partial charge in [-0.15, -0.1) is 0 Å². The van der Waals surface area contributed by atoms with Crippen LogP contribution in [0.25, 0.3) is 0 Å². The lowest BCUT2D eigenvalue weighted by atomic mass is 9.88. The molecule has 150 valence electrons. The van der Waals surface area contributed by atoms with E-state index in [1.165, 1.54) is 0 Å². The number of methoxy groups -OCH3 is 1. The van der Waals surface area contributed by atoms with Crippen molar-refractivity contribution >= 4 is 5.97 Å². The number of benzene rings is 3. The third-order valence-corrected chi connectivity index (χ3v) is 4.65. The van der Waals surface area contributed by atoms with Crippen molar-refractivity contribution in [1.82, 2.24) is 0 Å². The van der Waals surface area contributed by atoms with Crippen molar-refractivity contribution in [2.24, 2.45) is 5.92 Å². The molecule has 4 nitrogen and oxygen atoms in total. The van der Waals surface area contributed by atoms with Crippen LogP contribution >= 0.6 is 0 Å². The maximum atomic E-state index is 12.8. The maximum absolute atomic E-state index is 12.8. The molecule has 0 radical (unpaired) electrons. The van der Waals surface area contributed by atoms with Crippen LogP contribution in [0.4, 0.5) is 0 Å². The molecule has 0 saturated heterocycles. The SMILES string of the molecule is COc1ccc(C(C(=O)OCc2cccc(Oc3ccccc3)c2)C(C)C)cc1. The lowest BCUT2D eigenvalue weighted by Gasteiger charge is -2.20. The number of ether oxygens (including phenoxy) is 3. The van der Waals surface area contributed by atoms with Crippen LogP contribution in [0.2, 0.25) is 0 Å². The Morgan fingerprint density at radius 1 is 0.828 bits per heavy atom. The third kappa shape index (κ3) is 5.61. The van der Waals surface area contributed by atoms with E-state index < -0.39 is 0 Å². The summed E-state index contributed by atoms with van der Waals surface area (Å²) >= 11 is 0. The highest BCUT2D eigenvalue weighted by Gasteiger charge is 2.25. The molecule has 0 aliphatic rings. The molecule has 1 unspecified atom stereocenters. The highest BCUT2D eigenvalue weighted by atomic mass is 16.5. The molecule has 0 saturated carbocycles. The number of para-hydroxylation sites is 1. The molecule has 3 aromatic rings. The van der Waals surface area contributed by atoms with Gasteiger partial charge in [-0.25, -0.2) is 0 Å². The van der Waals surface area contributed by atoms with Crippen LogP contribution in [0, 0.1) is 5.92 Å². The van der Waals surface area contributed by atoms with E-state index in [4.69, 9.17) is 14.2 Å². The number of rotatable bonds is 8. The van der Waals surface area contributed by atoms with E-state index in [1.807, 2.05) is 92.7 Å². The van der Waals surface area contributed by atoms with Crippen LogP contribution in [0.5, 0.6) is 17.2 Å². The lowest BCUT2D eigenvalue weighted by Crippen LogP contribution is -2.20. The Kier molecular flexibility index (Phi) is 6.90. The first-order chi connectivity index (χ1) is 14.1. The Morgan fingerprint density at radius 3 is 2.17 bits per heavy atom. The molecular formula is C25H26O4. The Labute approximate surface area is 172 Å². The monoisotopic (exact) mass is 390 g/mol. The smallest absolute Gasteiger partial charge is 0.314 e. The average Bonchev–Trinajstić information content (AvgIpc) is 2.74. The summed E-state index contributed by atoms with van der Waals surface area (Å²) in [5.74, 6) is 1.79. The Hall–Kier alpha value is -3.27. The molecule has 3 rings (SSSR count). The Bertz CT molecular complexity index is 917. The van der Waals surface area contributed by atoms with Crippen LogP contribution in [0.15, 0.2) is 78.9 Å². The van der Waals surface area contributed by atoms with E-state index in [-0.39, 0.29) is 24.4 Å². The molecule has 0 N–H and O–H groups in total. The van der Waals surface area contributed by atoms with E-state index in [0.29, 0.717) is 5.75 Å². The second-order valence-electron chi connectivity index (χ2n) is 7.17. The first kappa shape index (κ1) is 20.5. The fourth-order valence-electron chi connectivity index (χ4n) is 3.17. The van der Waals surface area contributed by atoms with Crippen molar-refractivity contribution in [3.8, 4) is 17.2 Å². The number of esters is 1. The number of hydrogen-bond acceptors (Lipinski definition) is 4. The summed E-state index contributed by atoms with van der Waals surface area (Å²) in [4.78, 5) is 12.8. The van der Waals surface area contributed by atoms with Gasteiger partial charge in [0, 0.05) is 0 Å². The average molecular weight is 390 g/mol. The van der Waals surface area contributed by atoms with Gasteiger partial charge in [-0.3, -0.25) is 4.79 Å². The molecule has 0 spiro atoms. The molecule has 0 fully saturated rings. The van der Waals surface area contributed by atoms with Crippen molar-refractivity contribution < 1.29 is 19.0 Å². The first-order valence-corrected chi connectivity index (χ1v) is 9.69. The molecule has 0 aliphatic heterocycles. The summed E-state index contributed by atoms with van der Waals surface area (Å²) in [6.45, 7) is 4.24. The Balaban J connectivity index is 1.65. The number of hydrogen-bond donors (Lipinski definition) is 0. The second-order valence-corrected chi connectivity index (χ2v) is 7.17. The predicted octanol–water partition coefficient (Wildman–Crippen LogP) is 5.97. The van der Waals surface area contributed by atoms with E-state index in [0.717, 1.165) is 22.6 Å². The lowest BCUT2D eigenvalue weighted by molar-refractivity contribution is -0.148. The van der Waals surface area contributed by atoms with Gasteiger partial charge in [0.1, 0.15) is 23.9 Å². The van der Waals surface area contributed by atoms with Crippen molar-refractivity contribution in [1.29, 1.82) is 0 Å². The standard InChI is InChI=1S/C25H26O4/c1-18(2)24(20-12-14-21(27-3)15-13-20)25(26)28-17-19-8-7-11-23(16-19)29-22-9-5-4-6-10-22/h4-16,18,24H,17H2,1-3H3. The van der Waals surface area contributed by atoms with Gasteiger partial charge < -0.3 is 14.2 Å². The van der Waals surface area contributed by atoms with E-state index >= 15 is 0 Å². The summed E-state index contributed by atoms with van der Waals surface area (Å²) in [6.07, 6.45) is 0. The van der Waals surface area contributed by atoms with Crippen molar-refractivity contribution in [2.45, 2.75) is 26.4 Å². The molecule has 29 heavy (non-hydrogen) atoms. The third-order valence-electron chi connectivity index (χ3n) is 4.65. The van der Waals surface area contributed by atoms with Gasteiger partial charge in [0.15, 0.2) is 0 Å². The molecule has 3 aromatic carbocycles. The minimum atomic E-state index is -0.329. The van der Waals surface area contributed by atoms with Crippen LogP contribution in [0.1, 0.15) is 30.9 Å². The topological polar surface area (TPSA) is 44.8 Å². The zero-order valence-electron chi connectivity index (χ0n) is 17.0. The largest absolute Gasteiger partial charge is 0.497 e. The molecular weight excluding hydrogens is 364 g/mol. The van der Waals surface area contributed by atoms with Gasteiger partial charge in [0.25, 0.3) is 0 Å². The molecule has 4 heteroatoms. The Morgan fingerprint density at radius 2 is 1.52 bits per heavy atom. The summed E-state index contributed by atoms with van der Waals surface area (Å²) < 4.78 is 16.7. The zero-order chi connectivity index (χ0) is 20.6. The van der Waals surface area contributed by atoms with Gasteiger partial charge in [-0.1, -0.05) is 56.3 Å². The van der Waals surface area contributed by atoms with Gasteiger partial charge in [-0.05, 0) is 53.4 Å². The van der Waals surface area contributed by atoms with Gasteiger partial charge in [0.05, 0.1) is 13.0 Å². The van der Waals surface area contributed by atoms with E-state index in [9.17, 15) is 4.79 Å². The summed E-state index contributed by atoms with van der Waals surface area (Å²) in [6, 6.07) is 24.7. The summed E-state index contributed by atoms with van der Waals surface area (Å²) in [7, 11) is 1.62. The fraction of sp³-hybridized carbons (Fsp3) is 0.240. The van der Waals surface area contributed by atoms with E-state index in [2.05, 4.69) is 0 Å². The van der Waals surface area contributed by atoms with Gasteiger partial charge in [0.2, 0.25) is 0 Å². The number of carbonyl (C=O) groups is 1. The molecule has 0 aromatic heterocycles. The fourth-order valence-corrected chi connectivity index (χ4v) is 3.17. The minimum absolute atomic E-state index is 0.114. The quantitative estimate of drug-likeness (QED) is 0.445. The minimum Gasteiger partial charge on any atom is -0.497 e. The molecule has 0 aliphatic carbocycles. The van der Waals surface area contributed by atoms with Crippen LogP contribution in [-0.2, 0) is 16.1 Å². The van der Waals surface area contributed by atoms with Crippen molar-refractivity contribution in [3.63, 3.8) is 0 Å². The molecule has 0 bridgehead atoms. The maximum Gasteiger partial charge on any atom is 0.314 e. The van der Waals surface area contributed by atoms with Gasteiger partial charge in [-0.2, -0.15) is 0 Å². The predicted molar refractivity (Wildman–Crippen MR) is 113 cm³/mol. The normalized spacial score (nSPS) is 11.7. The molecule has 0 heterocycles. The zero-order valence-corrected chi connectivity index (χ0v) is 17.0. The molecule has 0 amide bonds. The number of carbonyl (C=O) groups excluding carboxylic acids is 1. The molecule has 1 atom stereocenters. The second kappa shape index (κ2) is 9.78. The summed E-state index contributed by atoms with van der Waals surface area (Å²) in [5.41, 5.74) is 1.80. The van der Waals surface area contributed by atoms with Crippen molar-refractivity contribution in [3.05, 3.63) is 90.0 Å². The van der Waals surface area contributed by atoms with Crippen LogP contribution in [0.3, 0.4) is 0 Å². The highest BCUT2D eigenvalue weighted by Crippen LogP contribution is 2.28.